The van der Waals surface area contributed by atoms with Crippen molar-refractivity contribution in [1.29, 1.82) is 0 Å². The number of rotatable bonds is 1. The number of pyridine rings is 1. The number of carbonyl (C=O) groups is 1. The van der Waals surface area contributed by atoms with E-state index in [4.69, 9.17) is 4.74 Å². The van der Waals surface area contributed by atoms with Crippen LogP contribution < -0.4 is 10.7 Å². The monoisotopic (exact) mass is 312 g/mol. The zero-order valence-electron chi connectivity index (χ0n) is 13.7. The topological polar surface area (TPSA) is 71.2 Å². The van der Waals surface area contributed by atoms with Gasteiger partial charge in [-0.1, -0.05) is 11.8 Å². The summed E-state index contributed by atoms with van der Waals surface area (Å²) in [5.41, 5.74) is 1.76. The van der Waals surface area contributed by atoms with Crippen molar-refractivity contribution >= 4 is 17.0 Å². The molecule has 0 atom stereocenters. The van der Waals surface area contributed by atoms with Crippen molar-refractivity contribution in [2.75, 3.05) is 6.54 Å². The summed E-state index contributed by atoms with van der Waals surface area (Å²) in [6, 6.07) is 6.96. The van der Waals surface area contributed by atoms with Crippen LogP contribution in [0.5, 0.6) is 0 Å². The van der Waals surface area contributed by atoms with Gasteiger partial charge >= 0.3 is 6.09 Å². The van der Waals surface area contributed by atoms with Crippen LogP contribution in [0.4, 0.5) is 4.79 Å². The van der Waals surface area contributed by atoms with Crippen molar-refractivity contribution < 1.29 is 9.53 Å². The standard InChI is InChI=1S/C18H20N2O3/c1-12-10-16(21)14-11-13(7-8-15(14)20-12)6-5-9-19-17(22)23-18(2,3)4/h7-8,10-11H,9H2,1-4H3,(H,19,22)(H,20,21). The van der Waals surface area contributed by atoms with Gasteiger partial charge in [0.1, 0.15) is 5.60 Å². The van der Waals surface area contributed by atoms with Crippen LogP contribution in [-0.4, -0.2) is 23.2 Å². The van der Waals surface area contributed by atoms with E-state index in [2.05, 4.69) is 22.1 Å². The number of alkyl carbamates (subject to hydrolysis) is 1. The van der Waals surface area contributed by atoms with E-state index >= 15 is 0 Å². The molecule has 0 aliphatic carbocycles. The number of carbonyl (C=O) groups excluding carboxylic acids is 1. The van der Waals surface area contributed by atoms with Gasteiger partial charge in [0.05, 0.1) is 6.54 Å². The first-order chi connectivity index (χ1) is 10.7. The molecule has 1 aromatic carbocycles. The van der Waals surface area contributed by atoms with Crippen LogP contribution in [0.25, 0.3) is 10.9 Å². The Morgan fingerprint density at radius 3 is 2.74 bits per heavy atom. The first-order valence-electron chi connectivity index (χ1n) is 7.34. The molecule has 1 aromatic heterocycles. The van der Waals surface area contributed by atoms with Gasteiger partial charge in [0.15, 0.2) is 5.43 Å². The van der Waals surface area contributed by atoms with Gasteiger partial charge in [-0.2, -0.15) is 0 Å². The summed E-state index contributed by atoms with van der Waals surface area (Å²) >= 11 is 0. The molecule has 0 radical (unpaired) electrons. The molecule has 0 spiro atoms. The van der Waals surface area contributed by atoms with Gasteiger partial charge in [-0.3, -0.25) is 4.79 Å². The van der Waals surface area contributed by atoms with Gasteiger partial charge in [0.2, 0.25) is 0 Å². The second-order valence-corrected chi connectivity index (χ2v) is 6.23. The van der Waals surface area contributed by atoms with Gasteiger partial charge in [-0.15, -0.1) is 0 Å². The SMILES string of the molecule is Cc1cc(=O)c2cc(C#CCNC(=O)OC(C)(C)C)ccc2[nH]1. The summed E-state index contributed by atoms with van der Waals surface area (Å²) < 4.78 is 5.11. The van der Waals surface area contributed by atoms with Crippen LogP contribution in [0.15, 0.2) is 29.1 Å². The van der Waals surface area contributed by atoms with Crippen molar-refractivity contribution in [3.05, 3.63) is 45.7 Å². The molecule has 5 nitrogen and oxygen atoms in total. The fraction of sp³-hybridized carbons (Fsp3) is 0.333. The zero-order chi connectivity index (χ0) is 17.0. The average Bonchev–Trinajstić information content (AvgIpc) is 2.42. The Labute approximate surface area is 135 Å². The van der Waals surface area contributed by atoms with E-state index in [1.807, 2.05) is 19.1 Å². The minimum atomic E-state index is -0.533. The number of aryl methyl sites for hydroxylation is 1. The molecule has 120 valence electrons. The highest BCUT2D eigenvalue weighted by Crippen LogP contribution is 2.10. The van der Waals surface area contributed by atoms with Crippen molar-refractivity contribution in [3.8, 4) is 11.8 Å². The second kappa shape index (κ2) is 6.57. The number of hydrogen-bond acceptors (Lipinski definition) is 3. The highest BCUT2D eigenvalue weighted by atomic mass is 16.6. The fourth-order valence-corrected chi connectivity index (χ4v) is 2.03. The van der Waals surface area contributed by atoms with E-state index in [9.17, 15) is 9.59 Å². The van der Waals surface area contributed by atoms with Crippen LogP contribution in [0.1, 0.15) is 32.0 Å². The zero-order valence-corrected chi connectivity index (χ0v) is 13.7. The number of aromatic amines is 1. The lowest BCUT2D eigenvalue weighted by Crippen LogP contribution is -2.32. The summed E-state index contributed by atoms with van der Waals surface area (Å²) in [5, 5.41) is 3.16. The third kappa shape index (κ3) is 4.89. The second-order valence-electron chi connectivity index (χ2n) is 6.23. The van der Waals surface area contributed by atoms with E-state index in [-0.39, 0.29) is 12.0 Å². The fourth-order valence-electron chi connectivity index (χ4n) is 2.03. The molecule has 0 unspecified atom stereocenters. The third-order valence-corrected chi connectivity index (χ3v) is 2.92. The number of benzene rings is 1. The maximum atomic E-state index is 12.0. The summed E-state index contributed by atoms with van der Waals surface area (Å²) in [6.07, 6.45) is -0.503. The van der Waals surface area contributed by atoms with E-state index in [0.717, 1.165) is 16.8 Å². The lowest BCUT2D eigenvalue weighted by Gasteiger charge is -2.18. The summed E-state index contributed by atoms with van der Waals surface area (Å²) in [4.78, 5) is 26.6. The Bertz CT molecular complexity index is 848. The number of fused-ring (bicyclic) bond motifs is 1. The number of ether oxygens (including phenoxy) is 1. The number of amides is 1. The molecule has 23 heavy (non-hydrogen) atoms. The van der Waals surface area contributed by atoms with Crippen LogP contribution in [0.2, 0.25) is 0 Å². The molecule has 2 rings (SSSR count). The minimum absolute atomic E-state index is 0.0354. The molecule has 0 saturated heterocycles. The van der Waals surface area contributed by atoms with Crippen molar-refractivity contribution in [2.45, 2.75) is 33.3 Å². The molecule has 2 aromatic rings. The summed E-state index contributed by atoms with van der Waals surface area (Å²) in [5.74, 6) is 5.76. The van der Waals surface area contributed by atoms with Crippen LogP contribution in [0.3, 0.4) is 0 Å². The first kappa shape index (κ1) is 16.6. The largest absolute Gasteiger partial charge is 0.444 e. The molecule has 0 saturated carbocycles. The minimum Gasteiger partial charge on any atom is -0.444 e. The van der Waals surface area contributed by atoms with Gasteiger partial charge in [0.25, 0.3) is 0 Å². The molecule has 1 amide bonds. The average molecular weight is 312 g/mol. The lowest BCUT2D eigenvalue weighted by molar-refractivity contribution is 0.0535. The van der Waals surface area contributed by atoms with Crippen LogP contribution in [-0.2, 0) is 4.74 Å². The highest BCUT2D eigenvalue weighted by Gasteiger charge is 2.14. The van der Waals surface area contributed by atoms with Crippen molar-refractivity contribution in [2.24, 2.45) is 0 Å². The van der Waals surface area contributed by atoms with Crippen molar-refractivity contribution in [3.63, 3.8) is 0 Å². The normalized spacial score (nSPS) is 10.8. The molecule has 1 heterocycles. The third-order valence-electron chi connectivity index (χ3n) is 2.92. The van der Waals surface area contributed by atoms with Gasteiger partial charge in [-0.25, -0.2) is 4.79 Å². The van der Waals surface area contributed by atoms with E-state index < -0.39 is 11.7 Å². The number of hydrogen-bond donors (Lipinski definition) is 2. The van der Waals surface area contributed by atoms with Gasteiger partial charge < -0.3 is 15.0 Å². The predicted molar refractivity (Wildman–Crippen MR) is 90.4 cm³/mol. The maximum absolute atomic E-state index is 12.0. The molecule has 0 aliphatic heterocycles. The molecule has 0 fully saturated rings. The van der Waals surface area contributed by atoms with E-state index in [1.165, 1.54) is 0 Å². The summed E-state index contributed by atoms with van der Waals surface area (Å²) in [6.45, 7) is 7.42. The van der Waals surface area contributed by atoms with Crippen LogP contribution in [0, 0.1) is 18.8 Å². The van der Waals surface area contributed by atoms with Crippen LogP contribution >= 0.6 is 0 Å². The van der Waals surface area contributed by atoms with E-state index in [0.29, 0.717) is 5.39 Å². The Morgan fingerprint density at radius 1 is 1.30 bits per heavy atom. The van der Waals surface area contributed by atoms with E-state index in [1.54, 1.807) is 32.9 Å². The molecule has 0 aliphatic rings. The molecule has 5 heteroatoms. The lowest BCUT2D eigenvalue weighted by atomic mass is 10.1. The number of H-pyrrole nitrogens is 1. The highest BCUT2D eigenvalue weighted by molar-refractivity contribution is 5.80. The molecular weight excluding hydrogens is 292 g/mol. The predicted octanol–water partition coefficient (Wildman–Crippen LogP) is 2.71. The molecule has 0 bridgehead atoms. The maximum Gasteiger partial charge on any atom is 0.408 e. The smallest absolute Gasteiger partial charge is 0.408 e. The molecule has 2 N–H and O–H groups in total. The Balaban J connectivity index is 2.06. The summed E-state index contributed by atoms with van der Waals surface area (Å²) in [7, 11) is 0. The first-order valence-corrected chi connectivity index (χ1v) is 7.34. The number of nitrogens with one attached hydrogen (secondary N) is 2. The quantitative estimate of drug-likeness (QED) is 0.795. The Kier molecular flexibility index (Phi) is 4.75. The number of aromatic nitrogens is 1. The van der Waals surface area contributed by atoms with Crippen molar-refractivity contribution in [1.82, 2.24) is 10.3 Å². The van der Waals surface area contributed by atoms with Gasteiger partial charge in [-0.05, 0) is 45.9 Å². The Hall–Kier alpha value is -2.74. The van der Waals surface area contributed by atoms with Gasteiger partial charge in [0, 0.05) is 28.2 Å². The Morgan fingerprint density at radius 2 is 2.04 bits per heavy atom. The molecular formula is C18H20N2O3.